The summed E-state index contributed by atoms with van der Waals surface area (Å²) in [6.07, 6.45) is 8.70. The molecule has 1 N–H and O–H groups in total. The van der Waals surface area contributed by atoms with E-state index >= 15 is 0 Å². The maximum atomic E-state index is 12.0. The SMILES string of the molecule is C#CCCC1(CCNC(=O)/C(C#N)=C/c2ccccc2)N=N1. The van der Waals surface area contributed by atoms with E-state index in [-0.39, 0.29) is 11.5 Å². The third-order valence-electron chi connectivity index (χ3n) is 3.34. The van der Waals surface area contributed by atoms with Gasteiger partial charge in [0.25, 0.3) is 5.91 Å². The molecule has 0 aromatic heterocycles. The molecule has 1 amide bonds. The van der Waals surface area contributed by atoms with Gasteiger partial charge in [-0.25, -0.2) is 0 Å². The summed E-state index contributed by atoms with van der Waals surface area (Å²) in [6.45, 7) is 0.407. The van der Waals surface area contributed by atoms with Crippen LogP contribution in [-0.2, 0) is 4.79 Å². The van der Waals surface area contributed by atoms with Crippen molar-refractivity contribution in [2.75, 3.05) is 6.54 Å². The molecule has 110 valence electrons. The van der Waals surface area contributed by atoms with Crippen LogP contribution in [0.3, 0.4) is 0 Å². The van der Waals surface area contributed by atoms with Crippen LogP contribution in [0.5, 0.6) is 0 Å². The summed E-state index contributed by atoms with van der Waals surface area (Å²) in [5.74, 6) is 2.17. The molecular weight excluding hydrogens is 276 g/mol. The van der Waals surface area contributed by atoms with Gasteiger partial charge in [-0.1, -0.05) is 30.3 Å². The molecule has 0 bridgehead atoms. The molecule has 0 saturated heterocycles. The van der Waals surface area contributed by atoms with E-state index in [1.54, 1.807) is 6.08 Å². The van der Waals surface area contributed by atoms with Crippen LogP contribution in [0, 0.1) is 23.7 Å². The Labute approximate surface area is 129 Å². The minimum atomic E-state index is -0.421. The van der Waals surface area contributed by atoms with E-state index in [1.807, 2.05) is 36.4 Å². The van der Waals surface area contributed by atoms with Gasteiger partial charge in [0.1, 0.15) is 11.6 Å². The lowest BCUT2D eigenvalue weighted by atomic mass is 10.0. The fraction of sp³-hybridized carbons (Fsp3) is 0.294. The lowest BCUT2D eigenvalue weighted by Crippen LogP contribution is -2.29. The molecule has 1 aromatic carbocycles. The topological polar surface area (TPSA) is 77.6 Å². The number of hydrogen-bond donors (Lipinski definition) is 1. The van der Waals surface area contributed by atoms with E-state index < -0.39 is 5.66 Å². The fourth-order valence-electron chi connectivity index (χ4n) is 2.00. The Kier molecular flexibility index (Phi) is 5.06. The second kappa shape index (κ2) is 7.19. The highest BCUT2D eigenvalue weighted by atomic mass is 16.1. The Bertz CT molecular complexity index is 671. The molecule has 0 saturated carbocycles. The van der Waals surface area contributed by atoms with Gasteiger partial charge >= 0.3 is 0 Å². The smallest absolute Gasteiger partial charge is 0.261 e. The summed E-state index contributed by atoms with van der Waals surface area (Å²) in [6, 6.07) is 11.2. The summed E-state index contributed by atoms with van der Waals surface area (Å²) >= 11 is 0. The summed E-state index contributed by atoms with van der Waals surface area (Å²) in [7, 11) is 0. The van der Waals surface area contributed by atoms with Gasteiger partial charge in [0, 0.05) is 25.8 Å². The van der Waals surface area contributed by atoms with Crippen LogP contribution in [0.25, 0.3) is 6.08 Å². The molecule has 0 fully saturated rings. The average molecular weight is 292 g/mol. The average Bonchev–Trinajstić information content (AvgIpc) is 3.31. The number of benzene rings is 1. The van der Waals surface area contributed by atoms with Gasteiger partial charge in [0.15, 0.2) is 5.66 Å². The Morgan fingerprint density at radius 2 is 2.05 bits per heavy atom. The largest absolute Gasteiger partial charge is 0.351 e. The van der Waals surface area contributed by atoms with Crippen LogP contribution >= 0.6 is 0 Å². The number of carbonyl (C=O) groups is 1. The Hall–Kier alpha value is -2.92. The molecule has 1 aliphatic heterocycles. The zero-order valence-electron chi connectivity index (χ0n) is 12.1. The second-order valence-corrected chi connectivity index (χ2v) is 4.97. The molecule has 0 unspecified atom stereocenters. The molecule has 5 nitrogen and oxygen atoms in total. The highest BCUT2D eigenvalue weighted by Gasteiger charge is 2.38. The first-order valence-electron chi connectivity index (χ1n) is 7.02. The standard InChI is InChI=1S/C17H16N4O/c1-2-3-9-17(20-21-17)10-11-19-16(22)15(13-18)12-14-7-5-4-6-8-14/h1,4-8,12H,3,9-11H2,(H,19,22)/b15-12+. The van der Waals surface area contributed by atoms with Gasteiger partial charge in [-0.2, -0.15) is 15.5 Å². The van der Waals surface area contributed by atoms with E-state index in [4.69, 9.17) is 11.7 Å². The quantitative estimate of drug-likeness (QED) is 0.476. The van der Waals surface area contributed by atoms with E-state index in [9.17, 15) is 4.79 Å². The molecular formula is C17H16N4O. The molecule has 1 aromatic rings. The van der Waals surface area contributed by atoms with Crippen molar-refractivity contribution in [3.05, 3.63) is 41.5 Å². The van der Waals surface area contributed by atoms with E-state index in [1.165, 1.54) is 0 Å². The van der Waals surface area contributed by atoms with Crippen LogP contribution < -0.4 is 5.32 Å². The Morgan fingerprint density at radius 1 is 1.32 bits per heavy atom. The van der Waals surface area contributed by atoms with Crippen LogP contribution in [0.1, 0.15) is 24.8 Å². The number of amides is 1. The number of terminal acetylenes is 1. The van der Waals surface area contributed by atoms with Gasteiger partial charge in [-0.15, -0.1) is 12.3 Å². The van der Waals surface area contributed by atoms with Gasteiger partial charge in [-0.05, 0) is 11.6 Å². The summed E-state index contributed by atoms with van der Waals surface area (Å²) in [5.41, 5.74) is 0.468. The molecule has 0 aliphatic carbocycles. The van der Waals surface area contributed by atoms with Crippen molar-refractivity contribution >= 4 is 12.0 Å². The lowest BCUT2D eigenvalue weighted by Gasteiger charge is -2.09. The Morgan fingerprint density at radius 3 is 2.64 bits per heavy atom. The first kappa shape index (κ1) is 15.5. The second-order valence-electron chi connectivity index (χ2n) is 4.97. The highest BCUT2D eigenvalue weighted by Crippen LogP contribution is 2.35. The van der Waals surface area contributed by atoms with Gasteiger partial charge in [-0.3, -0.25) is 4.79 Å². The maximum Gasteiger partial charge on any atom is 0.261 e. The normalized spacial score (nSPS) is 14.7. The predicted molar refractivity (Wildman–Crippen MR) is 83.3 cm³/mol. The number of nitrogens with one attached hydrogen (secondary N) is 1. The zero-order chi connectivity index (χ0) is 15.8. The van der Waals surface area contributed by atoms with Crippen LogP contribution in [0.15, 0.2) is 46.1 Å². The van der Waals surface area contributed by atoms with E-state index in [2.05, 4.69) is 21.5 Å². The van der Waals surface area contributed by atoms with Gasteiger partial charge < -0.3 is 5.32 Å². The summed E-state index contributed by atoms with van der Waals surface area (Å²) in [4.78, 5) is 12.0. The van der Waals surface area contributed by atoms with Crippen molar-refractivity contribution in [2.24, 2.45) is 10.2 Å². The molecule has 1 heterocycles. The maximum absolute atomic E-state index is 12.0. The van der Waals surface area contributed by atoms with E-state index in [0.717, 1.165) is 5.56 Å². The number of hydrogen-bond acceptors (Lipinski definition) is 4. The number of nitriles is 1. The minimum Gasteiger partial charge on any atom is -0.351 e. The van der Waals surface area contributed by atoms with Gasteiger partial charge in [0.2, 0.25) is 0 Å². The molecule has 0 radical (unpaired) electrons. The Balaban J connectivity index is 1.85. The van der Waals surface area contributed by atoms with Crippen molar-refractivity contribution in [1.29, 1.82) is 5.26 Å². The van der Waals surface area contributed by atoms with Gasteiger partial charge in [0.05, 0.1) is 0 Å². The zero-order valence-corrected chi connectivity index (χ0v) is 12.1. The third-order valence-corrected chi connectivity index (χ3v) is 3.34. The lowest BCUT2D eigenvalue weighted by molar-refractivity contribution is -0.117. The molecule has 0 spiro atoms. The van der Waals surface area contributed by atoms with Crippen molar-refractivity contribution in [2.45, 2.75) is 24.9 Å². The van der Waals surface area contributed by atoms with Crippen LogP contribution in [0.4, 0.5) is 0 Å². The van der Waals surface area contributed by atoms with E-state index in [0.29, 0.717) is 25.8 Å². The number of nitrogens with zero attached hydrogens (tertiary/aromatic N) is 3. The molecule has 5 heteroatoms. The first-order valence-corrected chi connectivity index (χ1v) is 7.02. The highest BCUT2D eigenvalue weighted by molar-refractivity contribution is 6.01. The first-order chi connectivity index (χ1) is 10.7. The third kappa shape index (κ3) is 4.29. The molecule has 1 aliphatic rings. The fourth-order valence-corrected chi connectivity index (χ4v) is 2.00. The van der Waals surface area contributed by atoms with Crippen molar-refractivity contribution in [1.82, 2.24) is 5.32 Å². The van der Waals surface area contributed by atoms with Crippen LogP contribution in [0.2, 0.25) is 0 Å². The van der Waals surface area contributed by atoms with Crippen molar-refractivity contribution < 1.29 is 4.79 Å². The molecule has 0 atom stereocenters. The van der Waals surface area contributed by atoms with Crippen molar-refractivity contribution in [3.8, 4) is 18.4 Å². The van der Waals surface area contributed by atoms with Crippen molar-refractivity contribution in [3.63, 3.8) is 0 Å². The monoisotopic (exact) mass is 292 g/mol. The summed E-state index contributed by atoms with van der Waals surface area (Å²) in [5, 5.41) is 19.8. The van der Waals surface area contributed by atoms with Crippen LogP contribution in [-0.4, -0.2) is 18.1 Å². The molecule has 22 heavy (non-hydrogen) atoms. The number of rotatable bonds is 7. The minimum absolute atomic E-state index is 0.0774. The summed E-state index contributed by atoms with van der Waals surface area (Å²) < 4.78 is 0. The number of carbonyl (C=O) groups excluding carboxylic acids is 1. The predicted octanol–water partition coefficient (Wildman–Crippen LogP) is 2.68. The molecule has 2 rings (SSSR count).